The van der Waals surface area contributed by atoms with Gasteiger partial charge in [0.1, 0.15) is 0 Å². The average Bonchev–Trinajstić information content (AvgIpc) is 2.49. The number of hydrogen-bond donors (Lipinski definition) is 0. The molecule has 0 aliphatic carbocycles. The van der Waals surface area contributed by atoms with E-state index in [-0.39, 0.29) is 5.82 Å². The molecule has 0 spiro atoms. The number of fused-ring (bicyclic) bond motifs is 1. The summed E-state index contributed by atoms with van der Waals surface area (Å²) in [6, 6.07) is 5.99. The van der Waals surface area contributed by atoms with E-state index in [4.69, 9.17) is 4.74 Å². The molecule has 2 saturated heterocycles. The van der Waals surface area contributed by atoms with Crippen LogP contribution in [0.15, 0.2) is 18.2 Å². The van der Waals surface area contributed by atoms with Gasteiger partial charge in [-0.15, -0.1) is 0 Å². The van der Waals surface area contributed by atoms with Crippen molar-refractivity contribution in [2.45, 2.75) is 32.2 Å². The van der Waals surface area contributed by atoms with Gasteiger partial charge in [0.05, 0.1) is 6.61 Å². The fourth-order valence-corrected chi connectivity index (χ4v) is 3.35. The Morgan fingerprint density at radius 1 is 1.25 bits per heavy atom. The molecule has 2 aliphatic rings. The number of nitrogens with zero attached hydrogens (tertiary/aromatic N) is 2. The van der Waals surface area contributed by atoms with Crippen molar-refractivity contribution in [1.82, 2.24) is 4.90 Å². The van der Waals surface area contributed by atoms with Gasteiger partial charge in [0.2, 0.25) is 0 Å². The molecule has 0 amide bonds. The zero-order valence-corrected chi connectivity index (χ0v) is 12.1. The maximum Gasteiger partial charge on any atom is 0.167 e. The van der Waals surface area contributed by atoms with E-state index in [2.05, 4.69) is 9.80 Å². The molecule has 2 heterocycles. The Bertz CT molecular complexity index is 466. The van der Waals surface area contributed by atoms with Crippen molar-refractivity contribution < 1.29 is 9.13 Å². The highest BCUT2D eigenvalue weighted by Crippen LogP contribution is 2.28. The maximum atomic E-state index is 14.0. The van der Waals surface area contributed by atoms with E-state index in [9.17, 15) is 4.39 Å². The molecule has 20 heavy (non-hydrogen) atoms. The van der Waals surface area contributed by atoms with E-state index < -0.39 is 0 Å². The first-order valence-electron chi connectivity index (χ1n) is 7.69. The summed E-state index contributed by atoms with van der Waals surface area (Å²) < 4.78 is 19.2. The summed E-state index contributed by atoms with van der Waals surface area (Å²) in [5, 5.41) is 0. The molecule has 1 unspecified atom stereocenters. The molecule has 2 fully saturated rings. The van der Waals surface area contributed by atoms with Crippen LogP contribution in [0.25, 0.3) is 0 Å². The van der Waals surface area contributed by atoms with Gasteiger partial charge in [-0.05, 0) is 38.4 Å². The highest BCUT2D eigenvalue weighted by atomic mass is 19.1. The van der Waals surface area contributed by atoms with E-state index in [0.29, 0.717) is 18.4 Å². The number of hydrogen-bond acceptors (Lipinski definition) is 3. The van der Waals surface area contributed by atoms with Crippen LogP contribution in [0.4, 0.5) is 10.1 Å². The van der Waals surface area contributed by atoms with Crippen LogP contribution in [0.5, 0.6) is 5.75 Å². The Kier molecular flexibility index (Phi) is 4.10. The first-order valence-corrected chi connectivity index (χ1v) is 7.69. The lowest BCUT2D eigenvalue weighted by atomic mass is 9.99. The first-order chi connectivity index (χ1) is 9.78. The Morgan fingerprint density at radius 2 is 2.15 bits per heavy atom. The fraction of sp³-hybridized carbons (Fsp3) is 0.625. The average molecular weight is 278 g/mol. The third kappa shape index (κ3) is 2.75. The summed E-state index contributed by atoms with van der Waals surface area (Å²) in [6.07, 6.45) is 3.93. The third-order valence-electron chi connectivity index (χ3n) is 4.42. The van der Waals surface area contributed by atoms with Crippen molar-refractivity contribution >= 4 is 5.69 Å². The summed E-state index contributed by atoms with van der Waals surface area (Å²) in [6.45, 7) is 6.71. The molecule has 0 aromatic heterocycles. The van der Waals surface area contributed by atoms with Gasteiger partial charge in [-0.2, -0.15) is 0 Å². The van der Waals surface area contributed by atoms with Crippen molar-refractivity contribution in [3.05, 3.63) is 24.0 Å². The highest BCUT2D eigenvalue weighted by molar-refractivity contribution is 5.50. The first kappa shape index (κ1) is 13.7. The molecule has 0 radical (unpaired) electrons. The molecule has 4 heteroatoms. The monoisotopic (exact) mass is 278 g/mol. The topological polar surface area (TPSA) is 15.7 Å². The number of halogens is 1. The second kappa shape index (κ2) is 6.00. The van der Waals surface area contributed by atoms with E-state index in [1.807, 2.05) is 13.0 Å². The SMILES string of the molecule is CCOc1ccc(N2CCN3CCCCC3C2)cc1F. The van der Waals surface area contributed by atoms with E-state index in [1.54, 1.807) is 12.1 Å². The molecule has 0 saturated carbocycles. The number of anilines is 1. The van der Waals surface area contributed by atoms with Crippen molar-refractivity contribution in [3.63, 3.8) is 0 Å². The Labute approximate surface area is 120 Å². The molecule has 0 N–H and O–H groups in total. The van der Waals surface area contributed by atoms with Gasteiger partial charge >= 0.3 is 0 Å². The van der Waals surface area contributed by atoms with Gasteiger partial charge in [0.15, 0.2) is 11.6 Å². The van der Waals surface area contributed by atoms with Crippen molar-refractivity contribution in [1.29, 1.82) is 0 Å². The van der Waals surface area contributed by atoms with Crippen molar-refractivity contribution in [2.24, 2.45) is 0 Å². The van der Waals surface area contributed by atoms with Crippen LogP contribution in [0.1, 0.15) is 26.2 Å². The third-order valence-corrected chi connectivity index (χ3v) is 4.42. The van der Waals surface area contributed by atoms with Gasteiger partial charge in [-0.1, -0.05) is 6.42 Å². The van der Waals surface area contributed by atoms with E-state index >= 15 is 0 Å². The molecular formula is C16H23FN2O. The molecule has 3 nitrogen and oxygen atoms in total. The Balaban J connectivity index is 1.71. The number of benzene rings is 1. The lowest BCUT2D eigenvalue weighted by molar-refractivity contribution is 0.133. The van der Waals surface area contributed by atoms with E-state index in [0.717, 1.165) is 25.3 Å². The van der Waals surface area contributed by atoms with Crippen LogP contribution >= 0.6 is 0 Å². The van der Waals surface area contributed by atoms with Crippen LogP contribution < -0.4 is 9.64 Å². The normalized spacial score (nSPS) is 23.5. The van der Waals surface area contributed by atoms with Crippen LogP contribution in [-0.4, -0.2) is 43.7 Å². The quantitative estimate of drug-likeness (QED) is 0.845. The van der Waals surface area contributed by atoms with Crippen LogP contribution in [0.3, 0.4) is 0 Å². The van der Waals surface area contributed by atoms with Gasteiger partial charge in [-0.25, -0.2) is 4.39 Å². The predicted molar refractivity (Wildman–Crippen MR) is 79.0 cm³/mol. The van der Waals surface area contributed by atoms with Gasteiger partial charge in [0.25, 0.3) is 0 Å². The zero-order valence-electron chi connectivity index (χ0n) is 12.1. The summed E-state index contributed by atoms with van der Waals surface area (Å²) in [5.41, 5.74) is 0.983. The zero-order chi connectivity index (χ0) is 13.9. The molecule has 1 aromatic carbocycles. The minimum atomic E-state index is -0.254. The maximum absolute atomic E-state index is 14.0. The number of rotatable bonds is 3. The standard InChI is InChI=1S/C16H23FN2O/c1-2-20-16-7-6-13(11-15(16)17)19-10-9-18-8-4-3-5-14(18)12-19/h6-7,11,14H,2-5,8-10,12H2,1H3. The summed E-state index contributed by atoms with van der Waals surface area (Å²) in [4.78, 5) is 4.90. The Morgan fingerprint density at radius 3 is 2.95 bits per heavy atom. The number of ether oxygens (including phenoxy) is 1. The van der Waals surface area contributed by atoms with Gasteiger partial charge < -0.3 is 9.64 Å². The van der Waals surface area contributed by atoms with E-state index in [1.165, 1.54) is 25.8 Å². The summed E-state index contributed by atoms with van der Waals surface area (Å²) >= 11 is 0. The second-order valence-electron chi connectivity index (χ2n) is 5.68. The van der Waals surface area contributed by atoms with Crippen LogP contribution in [0, 0.1) is 5.82 Å². The van der Waals surface area contributed by atoms with Crippen LogP contribution in [0.2, 0.25) is 0 Å². The minimum Gasteiger partial charge on any atom is -0.491 e. The second-order valence-corrected chi connectivity index (χ2v) is 5.68. The lowest BCUT2D eigenvalue weighted by Gasteiger charge is -2.45. The predicted octanol–water partition coefficient (Wildman–Crippen LogP) is 2.90. The smallest absolute Gasteiger partial charge is 0.167 e. The van der Waals surface area contributed by atoms with Gasteiger partial charge in [-0.3, -0.25) is 4.90 Å². The van der Waals surface area contributed by atoms with Crippen molar-refractivity contribution in [3.8, 4) is 5.75 Å². The summed E-state index contributed by atoms with van der Waals surface area (Å²) in [7, 11) is 0. The molecule has 2 aliphatic heterocycles. The minimum absolute atomic E-state index is 0.254. The van der Waals surface area contributed by atoms with Crippen LogP contribution in [-0.2, 0) is 0 Å². The number of piperidine rings is 1. The molecule has 3 rings (SSSR count). The fourth-order valence-electron chi connectivity index (χ4n) is 3.35. The van der Waals surface area contributed by atoms with Gasteiger partial charge in [0, 0.05) is 37.4 Å². The largest absolute Gasteiger partial charge is 0.491 e. The molecule has 110 valence electrons. The highest BCUT2D eigenvalue weighted by Gasteiger charge is 2.29. The molecule has 0 bridgehead atoms. The van der Waals surface area contributed by atoms with Crippen molar-refractivity contribution in [2.75, 3.05) is 37.7 Å². The number of piperazine rings is 1. The molecular weight excluding hydrogens is 255 g/mol. The molecule has 1 aromatic rings. The molecule has 1 atom stereocenters. The lowest BCUT2D eigenvalue weighted by Crippen LogP contribution is -2.54. The summed E-state index contributed by atoms with van der Waals surface area (Å²) in [5.74, 6) is 0.1000. The Hall–Kier alpha value is -1.29.